The van der Waals surface area contributed by atoms with Crippen molar-refractivity contribution in [3.05, 3.63) is 34.3 Å². The Hall–Kier alpha value is -1.20. The molecule has 2 rings (SSSR count). The van der Waals surface area contributed by atoms with Crippen LogP contribution in [0.2, 0.25) is 0 Å². The highest BCUT2D eigenvalue weighted by Gasteiger charge is 2.02. The zero-order valence-electron chi connectivity index (χ0n) is 10.3. The summed E-state index contributed by atoms with van der Waals surface area (Å²) in [6.07, 6.45) is 6.91. The topological polar surface area (TPSA) is 42.7 Å². The Bertz CT molecular complexity index is 461. The van der Waals surface area contributed by atoms with Gasteiger partial charge in [0.2, 0.25) is 0 Å². The highest BCUT2D eigenvalue weighted by atomic mass is 32.1. The van der Waals surface area contributed by atoms with Gasteiger partial charge in [-0.25, -0.2) is 9.97 Å². The van der Waals surface area contributed by atoms with Crippen LogP contribution in [0.3, 0.4) is 0 Å². The van der Waals surface area contributed by atoms with E-state index in [1.165, 1.54) is 10.6 Å². The van der Waals surface area contributed by atoms with Crippen LogP contribution in [-0.4, -0.2) is 14.5 Å². The van der Waals surface area contributed by atoms with Crippen molar-refractivity contribution in [1.29, 1.82) is 0 Å². The first-order chi connectivity index (χ1) is 8.29. The number of nitrogens with one attached hydrogen (secondary N) is 1. The van der Waals surface area contributed by atoms with E-state index < -0.39 is 0 Å². The number of rotatable bonds is 6. The number of hydrogen-bond acceptors (Lipinski definition) is 4. The van der Waals surface area contributed by atoms with E-state index in [-0.39, 0.29) is 0 Å². The van der Waals surface area contributed by atoms with Gasteiger partial charge in [0.1, 0.15) is 0 Å². The third-order valence-corrected chi connectivity index (χ3v) is 3.45. The van der Waals surface area contributed by atoms with Crippen LogP contribution >= 0.6 is 11.3 Å². The highest BCUT2D eigenvalue weighted by molar-refractivity contribution is 7.11. The van der Waals surface area contributed by atoms with Gasteiger partial charge >= 0.3 is 0 Å². The van der Waals surface area contributed by atoms with E-state index >= 15 is 0 Å². The van der Waals surface area contributed by atoms with E-state index in [0.717, 1.165) is 31.1 Å². The monoisotopic (exact) mass is 250 g/mol. The van der Waals surface area contributed by atoms with Crippen LogP contribution in [0.1, 0.15) is 28.9 Å². The van der Waals surface area contributed by atoms with E-state index in [2.05, 4.69) is 26.8 Å². The molecule has 2 heterocycles. The molecule has 0 spiro atoms. The number of aryl methyl sites for hydroxylation is 2. The smallest absolute Gasteiger partial charge is 0.0948 e. The Kier molecular flexibility index (Phi) is 4.28. The van der Waals surface area contributed by atoms with E-state index in [1.54, 1.807) is 11.3 Å². The summed E-state index contributed by atoms with van der Waals surface area (Å²) in [5, 5.41) is 4.55. The van der Waals surface area contributed by atoms with Gasteiger partial charge in [-0.15, -0.1) is 11.3 Å². The molecule has 0 aromatic carbocycles. The van der Waals surface area contributed by atoms with Crippen LogP contribution in [0.15, 0.2) is 18.7 Å². The summed E-state index contributed by atoms with van der Waals surface area (Å²) < 4.78 is 2.20. The van der Waals surface area contributed by atoms with E-state index in [9.17, 15) is 0 Å². The highest BCUT2D eigenvalue weighted by Crippen LogP contribution is 2.11. The second-order valence-electron chi connectivity index (χ2n) is 4.03. The molecule has 0 atom stereocenters. The lowest BCUT2D eigenvalue weighted by Crippen LogP contribution is -2.15. The molecule has 2 aromatic rings. The van der Waals surface area contributed by atoms with Gasteiger partial charge < -0.3 is 9.88 Å². The molecule has 1 N–H and O–H groups in total. The van der Waals surface area contributed by atoms with Crippen LogP contribution in [-0.2, 0) is 19.6 Å². The fourth-order valence-corrected chi connectivity index (χ4v) is 2.50. The molecule has 4 nitrogen and oxygen atoms in total. The molecular formula is C12H18N4S. The van der Waals surface area contributed by atoms with Gasteiger partial charge in [0.25, 0.3) is 0 Å². The molecule has 0 aliphatic carbocycles. The van der Waals surface area contributed by atoms with Crippen LogP contribution in [0.4, 0.5) is 0 Å². The molecule has 0 unspecified atom stereocenters. The second kappa shape index (κ2) is 5.93. The second-order valence-corrected chi connectivity index (χ2v) is 5.35. The quantitative estimate of drug-likeness (QED) is 0.855. The fourth-order valence-electron chi connectivity index (χ4n) is 1.74. The van der Waals surface area contributed by atoms with Crippen molar-refractivity contribution in [1.82, 2.24) is 19.9 Å². The van der Waals surface area contributed by atoms with Gasteiger partial charge in [-0.2, -0.15) is 0 Å². The van der Waals surface area contributed by atoms with Crippen LogP contribution < -0.4 is 5.32 Å². The molecule has 0 saturated heterocycles. The zero-order valence-corrected chi connectivity index (χ0v) is 11.1. The summed E-state index contributed by atoms with van der Waals surface area (Å²) in [6.45, 7) is 6.98. The van der Waals surface area contributed by atoms with Gasteiger partial charge in [-0.3, -0.25) is 0 Å². The molecule has 17 heavy (non-hydrogen) atoms. The third-order valence-electron chi connectivity index (χ3n) is 2.54. The summed E-state index contributed by atoms with van der Waals surface area (Å²) in [5.41, 5.74) is 1.24. The molecule has 92 valence electrons. The van der Waals surface area contributed by atoms with Gasteiger partial charge in [-0.05, 0) is 13.3 Å². The third kappa shape index (κ3) is 3.38. The molecule has 0 aliphatic heterocycles. The molecule has 0 fully saturated rings. The zero-order chi connectivity index (χ0) is 12.1. The van der Waals surface area contributed by atoms with Crippen LogP contribution in [0, 0.1) is 6.92 Å². The normalized spacial score (nSPS) is 10.9. The predicted molar refractivity (Wildman–Crippen MR) is 69.9 cm³/mol. The van der Waals surface area contributed by atoms with Crippen molar-refractivity contribution < 1.29 is 0 Å². The largest absolute Gasteiger partial charge is 0.333 e. The molecule has 0 aliphatic rings. The van der Waals surface area contributed by atoms with Crippen molar-refractivity contribution in [3.8, 4) is 0 Å². The lowest BCUT2D eigenvalue weighted by atomic mass is 10.4. The maximum absolute atomic E-state index is 4.24. The standard InChI is InChI=1S/C12H18N4S/c1-3-4-16-9-14-6-11(16)5-13-7-12-8-15-10(2)17-12/h6,8-9,13H,3-5,7H2,1-2H3. The number of imidazole rings is 1. The molecule has 0 bridgehead atoms. The van der Waals surface area contributed by atoms with E-state index in [0.29, 0.717) is 0 Å². The minimum atomic E-state index is 0.858. The van der Waals surface area contributed by atoms with Crippen LogP contribution in [0.5, 0.6) is 0 Å². The summed E-state index contributed by atoms with van der Waals surface area (Å²) in [7, 11) is 0. The fraction of sp³-hybridized carbons (Fsp3) is 0.500. The average Bonchev–Trinajstić information content (AvgIpc) is 2.90. The van der Waals surface area contributed by atoms with Crippen molar-refractivity contribution in [2.75, 3.05) is 0 Å². The Morgan fingerprint density at radius 2 is 2.24 bits per heavy atom. The predicted octanol–water partition coefficient (Wildman–Crippen LogP) is 2.35. The summed E-state index contributed by atoms with van der Waals surface area (Å²) >= 11 is 1.74. The molecule has 0 amide bonds. The first-order valence-electron chi connectivity index (χ1n) is 5.90. The van der Waals surface area contributed by atoms with Crippen molar-refractivity contribution in [3.63, 3.8) is 0 Å². The SMILES string of the molecule is CCCn1cncc1CNCc1cnc(C)s1. The van der Waals surface area contributed by atoms with Gasteiger partial charge in [0, 0.05) is 36.9 Å². The summed E-state index contributed by atoms with van der Waals surface area (Å²) in [6, 6.07) is 0. The number of thiazole rings is 1. The molecule has 5 heteroatoms. The number of aromatic nitrogens is 3. The number of hydrogen-bond donors (Lipinski definition) is 1. The van der Waals surface area contributed by atoms with Crippen molar-refractivity contribution in [2.24, 2.45) is 0 Å². The number of nitrogens with zero attached hydrogens (tertiary/aromatic N) is 3. The maximum Gasteiger partial charge on any atom is 0.0948 e. The lowest BCUT2D eigenvalue weighted by molar-refractivity contribution is 0.603. The van der Waals surface area contributed by atoms with Crippen molar-refractivity contribution >= 4 is 11.3 Å². The first kappa shape index (κ1) is 12.3. The Balaban J connectivity index is 1.83. The van der Waals surface area contributed by atoms with Gasteiger partial charge in [-0.1, -0.05) is 6.92 Å². The Labute approximate surface area is 106 Å². The minimum Gasteiger partial charge on any atom is -0.333 e. The summed E-state index contributed by atoms with van der Waals surface area (Å²) in [5.74, 6) is 0. The minimum absolute atomic E-state index is 0.858. The van der Waals surface area contributed by atoms with Crippen molar-refractivity contribution in [2.45, 2.75) is 39.9 Å². The van der Waals surface area contributed by atoms with Gasteiger partial charge in [0.15, 0.2) is 0 Å². The maximum atomic E-state index is 4.24. The molecule has 2 aromatic heterocycles. The first-order valence-corrected chi connectivity index (χ1v) is 6.72. The van der Waals surface area contributed by atoms with Gasteiger partial charge in [0.05, 0.1) is 17.0 Å². The van der Waals surface area contributed by atoms with Crippen LogP contribution in [0.25, 0.3) is 0 Å². The molecule has 0 saturated carbocycles. The Morgan fingerprint density at radius 1 is 1.35 bits per heavy atom. The summed E-state index contributed by atoms with van der Waals surface area (Å²) in [4.78, 5) is 9.71. The Morgan fingerprint density at radius 3 is 2.94 bits per heavy atom. The molecule has 0 radical (unpaired) electrons. The van der Waals surface area contributed by atoms with E-state index in [4.69, 9.17) is 0 Å². The lowest BCUT2D eigenvalue weighted by Gasteiger charge is -2.07. The average molecular weight is 250 g/mol. The van der Waals surface area contributed by atoms with E-state index in [1.807, 2.05) is 25.6 Å². The molecular weight excluding hydrogens is 232 g/mol.